The van der Waals surface area contributed by atoms with Gasteiger partial charge in [-0.3, -0.25) is 13.9 Å². The van der Waals surface area contributed by atoms with Crippen LogP contribution in [0.2, 0.25) is 0 Å². The molecule has 27 heavy (non-hydrogen) atoms. The van der Waals surface area contributed by atoms with Gasteiger partial charge in [0.2, 0.25) is 5.91 Å². The Labute approximate surface area is 156 Å². The number of carbonyl (C=O) groups is 1. The normalized spacial score (nSPS) is 26.0. The Morgan fingerprint density at radius 1 is 1.52 bits per heavy atom. The van der Waals surface area contributed by atoms with Gasteiger partial charge < -0.3 is 24.2 Å². The van der Waals surface area contributed by atoms with Gasteiger partial charge in [0.15, 0.2) is 6.79 Å². The fourth-order valence-corrected chi connectivity index (χ4v) is 3.78. The molecule has 0 spiro atoms. The molecule has 0 bridgehead atoms. The van der Waals surface area contributed by atoms with Crippen LogP contribution in [-0.4, -0.2) is 40.7 Å². The monoisotopic (exact) mass is 395 g/mol. The fourth-order valence-electron chi connectivity index (χ4n) is 3.58. The quantitative estimate of drug-likeness (QED) is 0.581. The van der Waals surface area contributed by atoms with E-state index in [1.54, 1.807) is 36.9 Å². The molecule has 2 aliphatic rings. The van der Waals surface area contributed by atoms with E-state index in [1.807, 2.05) is 0 Å². The number of ether oxygens (including phenoxy) is 2. The molecule has 1 aromatic rings. The molecular formula is C17H20N2O7P-. The zero-order chi connectivity index (χ0) is 19.8. The first-order valence-electron chi connectivity index (χ1n) is 8.45. The number of benzene rings is 1. The van der Waals surface area contributed by atoms with E-state index < -0.39 is 32.4 Å². The summed E-state index contributed by atoms with van der Waals surface area (Å²) >= 11 is 0. The summed E-state index contributed by atoms with van der Waals surface area (Å²) in [4.78, 5) is 33.7. The van der Waals surface area contributed by atoms with Crippen molar-refractivity contribution in [1.82, 2.24) is 4.90 Å². The minimum atomic E-state index is -4.95. The molecule has 2 heterocycles. The minimum absolute atomic E-state index is 0.0582. The maximum Gasteiger partial charge on any atom is 0.267 e. The Morgan fingerprint density at radius 3 is 2.85 bits per heavy atom. The van der Waals surface area contributed by atoms with Gasteiger partial charge in [-0.05, 0) is 38.5 Å². The summed E-state index contributed by atoms with van der Waals surface area (Å²) in [7, 11) is -4.95. The van der Waals surface area contributed by atoms with E-state index in [0.717, 1.165) is 0 Å². The lowest BCUT2D eigenvalue weighted by Crippen LogP contribution is -2.55. The van der Waals surface area contributed by atoms with E-state index in [1.165, 1.54) is 0 Å². The Hall–Kier alpha value is -1.95. The molecule has 1 N–H and O–H groups in total. The molecule has 9 nitrogen and oxygen atoms in total. The molecule has 1 amide bonds. The highest BCUT2D eigenvalue weighted by atomic mass is 31.2. The molecule has 146 valence electrons. The number of fused-ring (bicyclic) bond motifs is 1. The number of carbonyl (C=O) groups excluding carboxylic acids is 1. The topological polar surface area (TPSA) is 132 Å². The molecule has 3 rings (SSSR count). The SMILES string of the molecule is CC1(C)Oc2ccc(C#N)cc2[C@@H](N2CCCC2=O)[C@@H]1OCOP(=O)([O-])O. The Bertz CT molecular complexity index is 829. The lowest BCUT2D eigenvalue weighted by molar-refractivity contribution is -0.236. The third-order valence-corrected chi connectivity index (χ3v) is 5.14. The van der Waals surface area contributed by atoms with Gasteiger partial charge in [-0.1, -0.05) is 0 Å². The lowest BCUT2D eigenvalue weighted by atomic mass is 9.85. The van der Waals surface area contributed by atoms with E-state index in [4.69, 9.17) is 14.4 Å². The van der Waals surface area contributed by atoms with Crippen LogP contribution in [0.5, 0.6) is 5.75 Å². The number of rotatable bonds is 5. The van der Waals surface area contributed by atoms with E-state index in [-0.39, 0.29) is 5.91 Å². The van der Waals surface area contributed by atoms with Crippen molar-refractivity contribution < 1.29 is 33.1 Å². The summed E-state index contributed by atoms with van der Waals surface area (Å²) in [5.41, 5.74) is 0.0893. The fraction of sp³-hybridized carbons (Fsp3) is 0.529. The van der Waals surface area contributed by atoms with Gasteiger partial charge in [-0.2, -0.15) is 5.26 Å². The number of amides is 1. The molecule has 10 heteroatoms. The predicted octanol–water partition coefficient (Wildman–Crippen LogP) is 1.21. The average Bonchev–Trinajstić information content (AvgIpc) is 2.99. The number of nitrogens with zero attached hydrogens (tertiary/aromatic N) is 2. The van der Waals surface area contributed by atoms with Crippen molar-refractivity contribution in [2.45, 2.75) is 44.4 Å². The summed E-state index contributed by atoms with van der Waals surface area (Å²) in [5, 5.41) is 9.23. The Morgan fingerprint density at radius 2 is 2.26 bits per heavy atom. The van der Waals surface area contributed by atoms with Crippen LogP contribution in [0.15, 0.2) is 18.2 Å². The predicted molar refractivity (Wildman–Crippen MR) is 90.2 cm³/mol. The van der Waals surface area contributed by atoms with E-state index in [0.29, 0.717) is 36.3 Å². The molecule has 0 saturated carbocycles. The first-order valence-corrected chi connectivity index (χ1v) is 9.94. The van der Waals surface area contributed by atoms with Crippen molar-refractivity contribution in [1.29, 1.82) is 5.26 Å². The molecule has 0 aliphatic carbocycles. The van der Waals surface area contributed by atoms with Crippen LogP contribution >= 0.6 is 7.82 Å². The smallest absolute Gasteiger partial charge is 0.267 e. The number of hydrogen-bond donors (Lipinski definition) is 1. The van der Waals surface area contributed by atoms with Gasteiger partial charge >= 0.3 is 0 Å². The first kappa shape index (κ1) is 19.8. The summed E-state index contributed by atoms with van der Waals surface area (Å²) in [6, 6.07) is 6.42. The van der Waals surface area contributed by atoms with Crippen molar-refractivity contribution >= 4 is 13.7 Å². The lowest BCUT2D eigenvalue weighted by Gasteiger charge is -2.47. The van der Waals surface area contributed by atoms with Crippen molar-refractivity contribution in [3.8, 4) is 11.8 Å². The summed E-state index contributed by atoms with van der Waals surface area (Å²) < 4.78 is 26.8. The van der Waals surface area contributed by atoms with Crippen LogP contribution in [-0.2, 0) is 18.6 Å². The van der Waals surface area contributed by atoms with Crippen LogP contribution in [0.3, 0.4) is 0 Å². The van der Waals surface area contributed by atoms with Crippen molar-refractivity contribution in [2.75, 3.05) is 13.3 Å². The Balaban J connectivity index is 2.01. The second kappa shape index (κ2) is 7.23. The molecule has 3 atom stereocenters. The summed E-state index contributed by atoms with van der Waals surface area (Å²) in [6.45, 7) is 3.29. The van der Waals surface area contributed by atoms with Gasteiger partial charge in [-0.15, -0.1) is 0 Å². The molecule has 2 aliphatic heterocycles. The molecular weight excluding hydrogens is 375 g/mol. The zero-order valence-corrected chi connectivity index (χ0v) is 15.8. The summed E-state index contributed by atoms with van der Waals surface area (Å²) in [6.07, 6.45) is 0.313. The average molecular weight is 395 g/mol. The highest BCUT2D eigenvalue weighted by Crippen LogP contribution is 2.46. The van der Waals surface area contributed by atoms with E-state index >= 15 is 0 Å². The molecule has 0 aromatic heterocycles. The maximum atomic E-state index is 12.4. The van der Waals surface area contributed by atoms with E-state index in [2.05, 4.69) is 10.6 Å². The van der Waals surface area contributed by atoms with Crippen LogP contribution in [0.4, 0.5) is 0 Å². The van der Waals surface area contributed by atoms with Gasteiger partial charge in [0.05, 0.1) is 17.7 Å². The summed E-state index contributed by atoms with van der Waals surface area (Å²) in [5.74, 6) is 0.471. The number of hydrogen-bond acceptors (Lipinski definition) is 7. The van der Waals surface area contributed by atoms with Gasteiger partial charge in [0.25, 0.3) is 7.82 Å². The highest BCUT2D eigenvalue weighted by Gasteiger charge is 2.49. The van der Waals surface area contributed by atoms with Crippen LogP contribution < -0.4 is 9.63 Å². The minimum Gasteiger partial charge on any atom is -0.756 e. The standard InChI is InChI=1S/C17H21N2O7P/c1-17(2)16(24-10-25-27(21,22)23)15(19-7-3-4-14(19)20)12-8-11(9-18)5-6-13(12)26-17/h5-6,8,15-16H,3-4,7,10H2,1-2H3,(H2,21,22,23)/p-1/t15-,16+/m1/s1. The molecule has 1 saturated heterocycles. The second-order valence-corrected chi connectivity index (χ2v) is 8.20. The molecule has 1 unspecified atom stereocenters. The molecule has 0 radical (unpaired) electrons. The van der Waals surface area contributed by atoms with Crippen LogP contribution in [0, 0.1) is 11.3 Å². The van der Waals surface area contributed by atoms with Gasteiger partial charge in [0.1, 0.15) is 17.5 Å². The van der Waals surface area contributed by atoms with Crippen molar-refractivity contribution in [3.05, 3.63) is 29.3 Å². The third kappa shape index (κ3) is 4.15. The maximum absolute atomic E-state index is 12.4. The first-order chi connectivity index (χ1) is 12.6. The van der Waals surface area contributed by atoms with E-state index in [9.17, 15) is 19.5 Å². The number of nitriles is 1. The number of likely N-dealkylation sites (tertiary alicyclic amines) is 1. The number of phosphoric ester groups is 1. The Kier molecular flexibility index (Phi) is 5.30. The molecule has 1 fully saturated rings. The van der Waals surface area contributed by atoms with Crippen molar-refractivity contribution in [2.24, 2.45) is 0 Å². The third-order valence-electron chi connectivity index (χ3n) is 4.71. The second-order valence-electron chi connectivity index (χ2n) is 7.01. The van der Waals surface area contributed by atoms with Crippen molar-refractivity contribution in [3.63, 3.8) is 0 Å². The van der Waals surface area contributed by atoms with Gasteiger partial charge in [0, 0.05) is 18.5 Å². The largest absolute Gasteiger partial charge is 0.756 e. The highest BCUT2D eigenvalue weighted by molar-refractivity contribution is 7.44. The zero-order valence-electron chi connectivity index (χ0n) is 15.0. The molecule has 1 aromatic carbocycles. The van der Waals surface area contributed by atoms with Gasteiger partial charge in [-0.25, -0.2) is 0 Å². The van der Waals surface area contributed by atoms with Crippen LogP contribution in [0.1, 0.15) is 43.9 Å². The number of phosphoric acid groups is 1. The van der Waals surface area contributed by atoms with Crippen LogP contribution in [0.25, 0.3) is 0 Å².